The highest BCUT2D eigenvalue weighted by Gasteiger charge is 2.28. The molecule has 0 radical (unpaired) electrons. The molecule has 2 rings (SSSR count). The Balaban J connectivity index is 1.79. The Labute approximate surface area is 138 Å². The minimum absolute atomic E-state index is 0.321. The largest absolute Gasteiger partial charge is 0.508 e. The molecular weight excluding hydrogens is 292 g/mol. The van der Waals surface area contributed by atoms with E-state index in [1.54, 1.807) is 6.07 Å². The fourth-order valence-corrected chi connectivity index (χ4v) is 2.98. The third-order valence-electron chi connectivity index (χ3n) is 4.11. The Morgan fingerprint density at radius 2 is 2.04 bits per heavy atom. The van der Waals surface area contributed by atoms with Crippen LogP contribution in [0.2, 0.25) is 0 Å². The molecule has 2 atom stereocenters. The second-order valence-electron chi connectivity index (χ2n) is 7.19. The number of carbonyl (C=O) groups excluding carboxylic acids is 1. The average molecular weight is 320 g/mol. The zero-order chi connectivity index (χ0) is 16.9. The number of benzene rings is 1. The van der Waals surface area contributed by atoms with Gasteiger partial charge in [-0.05, 0) is 45.6 Å². The van der Waals surface area contributed by atoms with Gasteiger partial charge in [0.15, 0.2) is 0 Å². The summed E-state index contributed by atoms with van der Waals surface area (Å²) in [5.41, 5.74) is 0.431. The molecule has 0 bridgehead atoms. The van der Waals surface area contributed by atoms with Crippen LogP contribution in [-0.4, -0.2) is 29.4 Å². The molecule has 0 saturated heterocycles. The molecule has 1 saturated carbocycles. The van der Waals surface area contributed by atoms with E-state index in [2.05, 4.69) is 10.6 Å². The molecular formula is C18H28N2O3. The number of para-hydroxylation sites is 1. The van der Waals surface area contributed by atoms with Crippen molar-refractivity contribution in [2.75, 3.05) is 6.54 Å². The summed E-state index contributed by atoms with van der Waals surface area (Å²) in [5, 5.41) is 16.2. The van der Waals surface area contributed by atoms with Gasteiger partial charge in [-0.15, -0.1) is 0 Å². The Hall–Kier alpha value is -1.75. The van der Waals surface area contributed by atoms with Crippen molar-refractivity contribution in [3.63, 3.8) is 0 Å². The first kappa shape index (κ1) is 17.6. The minimum Gasteiger partial charge on any atom is -0.508 e. The summed E-state index contributed by atoms with van der Waals surface area (Å²) in [6, 6.07) is 7.72. The Morgan fingerprint density at radius 3 is 2.74 bits per heavy atom. The number of aromatic hydroxyl groups is 1. The maximum Gasteiger partial charge on any atom is 0.407 e. The smallest absolute Gasteiger partial charge is 0.407 e. The van der Waals surface area contributed by atoms with Gasteiger partial charge < -0.3 is 20.5 Å². The molecule has 1 amide bonds. The normalized spacial score (nSPS) is 21.2. The summed E-state index contributed by atoms with van der Waals surface area (Å²) in [7, 11) is 0. The average Bonchev–Trinajstić information content (AvgIpc) is 2.90. The van der Waals surface area contributed by atoms with Crippen molar-refractivity contribution >= 4 is 6.09 Å². The van der Waals surface area contributed by atoms with E-state index in [1.165, 1.54) is 0 Å². The fourth-order valence-electron chi connectivity index (χ4n) is 2.98. The van der Waals surface area contributed by atoms with E-state index in [-0.39, 0.29) is 6.09 Å². The first-order chi connectivity index (χ1) is 10.8. The van der Waals surface area contributed by atoms with Crippen LogP contribution in [-0.2, 0) is 11.3 Å². The van der Waals surface area contributed by atoms with E-state index in [0.29, 0.717) is 30.8 Å². The van der Waals surface area contributed by atoms with Crippen molar-refractivity contribution in [1.29, 1.82) is 0 Å². The summed E-state index contributed by atoms with van der Waals surface area (Å²) in [6.45, 7) is 6.84. The summed E-state index contributed by atoms with van der Waals surface area (Å²) in [4.78, 5) is 11.8. The maximum absolute atomic E-state index is 11.8. The number of phenolic OH excluding ortho intramolecular Hbond substituents is 1. The molecule has 0 aromatic heterocycles. The number of alkyl carbamates (subject to hydrolysis) is 1. The van der Waals surface area contributed by atoms with Gasteiger partial charge in [0.05, 0.1) is 0 Å². The fraction of sp³-hybridized carbons (Fsp3) is 0.611. The van der Waals surface area contributed by atoms with Gasteiger partial charge in [-0.1, -0.05) is 24.6 Å². The first-order valence-corrected chi connectivity index (χ1v) is 8.32. The van der Waals surface area contributed by atoms with Gasteiger partial charge in [0.25, 0.3) is 0 Å². The van der Waals surface area contributed by atoms with E-state index in [9.17, 15) is 9.90 Å². The van der Waals surface area contributed by atoms with Crippen LogP contribution in [0.1, 0.15) is 45.6 Å². The number of hydrogen-bond donors (Lipinski definition) is 3. The summed E-state index contributed by atoms with van der Waals surface area (Å²) in [5.74, 6) is 0.717. The van der Waals surface area contributed by atoms with Crippen LogP contribution < -0.4 is 10.6 Å². The van der Waals surface area contributed by atoms with E-state index in [1.807, 2.05) is 39.0 Å². The van der Waals surface area contributed by atoms with Crippen LogP contribution >= 0.6 is 0 Å². The highest BCUT2D eigenvalue weighted by Crippen LogP contribution is 2.26. The van der Waals surface area contributed by atoms with Gasteiger partial charge in [-0.25, -0.2) is 4.79 Å². The van der Waals surface area contributed by atoms with Crippen molar-refractivity contribution in [3.05, 3.63) is 29.8 Å². The van der Waals surface area contributed by atoms with Crippen molar-refractivity contribution in [1.82, 2.24) is 10.6 Å². The van der Waals surface area contributed by atoms with Crippen LogP contribution in [0.25, 0.3) is 0 Å². The molecule has 128 valence electrons. The van der Waals surface area contributed by atoms with Gasteiger partial charge in [-0.3, -0.25) is 0 Å². The summed E-state index contributed by atoms with van der Waals surface area (Å²) in [6.07, 6.45) is 2.98. The highest BCUT2D eigenvalue weighted by atomic mass is 16.6. The molecule has 0 aliphatic heterocycles. The molecule has 1 fully saturated rings. The molecule has 1 aromatic carbocycles. The van der Waals surface area contributed by atoms with Gasteiger partial charge in [0, 0.05) is 24.7 Å². The molecule has 1 aliphatic carbocycles. The lowest BCUT2D eigenvalue weighted by molar-refractivity contribution is 0.0517. The monoisotopic (exact) mass is 320 g/mol. The van der Waals surface area contributed by atoms with Crippen molar-refractivity contribution in [2.45, 2.75) is 58.2 Å². The van der Waals surface area contributed by atoms with E-state index in [4.69, 9.17) is 4.74 Å². The molecule has 1 aromatic rings. The van der Waals surface area contributed by atoms with Gasteiger partial charge in [0.2, 0.25) is 0 Å². The predicted molar refractivity (Wildman–Crippen MR) is 90.3 cm³/mol. The third-order valence-corrected chi connectivity index (χ3v) is 4.11. The number of carbonyl (C=O) groups is 1. The number of phenols is 1. The molecule has 23 heavy (non-hydrogen) atoms. The van der Waals surface area contributed by atoms with Gasteiger partial charge in [-0.2, -0.15) is 0 Å². The Morgan fingerprint density at radius 1 is 1.30 bits per heavy atom. The Kier molecular flexibility index (Phi) is 5.88. The summed E-state index contributed by atoms with van der Waals surface area (Å²) < 4.78 is 5.27. The topological polar surface area (TPSA) is 70.6 Å². The number of rotatable bonds is 5. The molecule has 0 spiro atoms. The van der Waals surface area contributed by atoms with Crippen LogP contribution in [0.5, 0.6) is 5.75 Å². The number of amides is 1. The lowest BCUT2D eigenvalue weighted by Crippen LogP contribution is -2.40. The first-order valence-electron chi connectivity index (χ1n) is 8.32. The molecule has 5 nitrogen and oxygen atoms in total. The van der Waals surface area contributed by atoms with Crippen LogP contribution in [0.15, 0.2) is 24.3 Å². The number of hydrogen-bond acceptors (Lipinski definition) is 4. The molecule has 5 heteroatoms. The van der Waals surface area contributed by atoms with Crippen molar-refractivity contribution in [2.24, 2.45) is 5.92 Å². The lowest BCUT2D eigenvalue weighted by Gasteiger charge is -2.24. The van der Waals surface area contributed by atoms with Crippen LogP contribution in [0.3, 0.4) is 0 Å². The highest BCUT2D eigenvalue weighted by molar-refractivity contribution is 5.67. The zero-order valence-electron chi connectivity index (χ0n) is 14.3. The minimum atomic E-state index is -0.470. The molecule has 0 heterocycles. The third kappa shape index (κ3) is 5.75. The zero-order valence-corrected chi connectivity index (χ0v) is 14.3. The van der Waals surface area contributed by atoms with E-state index in [0.717, 1.165) is 24.8 Å². The second-order valence-corrected chi connectivity index (χ2v) is 7.19. The van der Waals surface area contributed by atoms with Gasteiger partial charge in [0.1, 0.15) is 11.4 Å². The van der Waals surface area contributed by atoms with Crippen molar-refractivity contribution in [3.8, 4) is 5.75 Å². The SMILES string of the molecule is CC(C)(C)OC(=O)NCC1CCCC1NCc1ccccc1O. The van der Waals surface area contributed by atoms with Crippen LogP contribution in [0, 0.1) is 5.92 Å². The molecule has 3 N–H and O–H groups in total. The molecule has 2 unspecified atom stereocenters. The summed E-state index contributed by atoms with van der Waals surface area (Å²) >= 11 is 0. The second kappa shape index (κ2) is 7.68. The predicted octanol–water partition coefficient (Wildman–Crippen LogP) is 3.18. The van der Waals surface area contributed by atoms with Crippen molar-refractivity contribution < 1.29 is 14.6 Å². The molecule has 1 aliphatic rings. The van der Waals surface area contributed by atoms with Gasteiger partial charge >= 0.3 is 6.09 Å². The van der Waals surface area contributed by atoms with Crippen LogP contribution in [0.4, 0.5) is 4.79 Å². The number of ether oxygens (including phenoxy) is 1. The number of nitrogens with one attached hydrogen (secondary N) is 2. The standard InChI is InChI=1S/C18H28N2O3/c1-18(2,3)23-17(22)20-11-13-8-6-9-15(13)19-12-14-7-4-5-10-16(14)21/h4-5,7,10,13,15,19,21H,6,8-9,11-12H2,1-3H3,(H,20,22). The van der Waals surface area contributed by atoms with E-state index >= 15 is 0 Å². The Bertz CT molecular complexity index is 525. The quantitative estimate of drug-likeness (QED) is 0.779. The lowest BCUT2D eigenvalue weighted by atomic mass is 10.0. The van der Waals surface area contributed by atoms with E-state index < -0.39 is 5.60 Å². The maximum atomic E-state index is 11.8.